The largest absolute Gasteiger partial charge is 0.314 e. The van der Waals surface area contributed by atoms with Gasteiger partial charge in [0.1, 0.15) is 0 Å². The van der Waals surface area contributed by atoms with Crippen molar-refractivity contribution in [3.63, 3.8) is 0 Å². The van der Waals surface area contributed by atoms with E-state index < -0.39 is 9.84 Å². The molecule has 1 aliphatic rings. The van der Waals surface area contributed by atoms with Crippen LogP contribution < -0.4 is 5.32 Å². The van der Waals surface area contributed by atoms with Crippen LogP contribution in [-0.2, 0) is 9.84 Å². The first-order valence-corrected chi connectivity index (χ1v) is 8.76. The lowest BCUT2D eigenvalue weighted by molar-refractivity contribution is 0.520. The fourth-order valence-electron chi connectivity index (χ4n) is 2.56. The van der Waals surface area contributed by atoms with Crippen molar-refractivity contribution in [2.45, 2.75) is 50.0 Å². The maximum Gasteiger partial charge on any atom is 0.178 e. The van der Waals surface area contributed by atoms with Gasteiger partial charge >= 0.3 is 0 Å². The number of benzene rings is 1. The van der Waals surface area contributed by atoms with Crippen LogP contribution >= 0.6 is 0 Å². The van der Waals surface area contributed by atoms with Crippen molar-refractivity contribution < 1.29 is 8.42 Å². The fourth-order valence-corrected chi connectivity index (χ4v) is 3.87. The second-order valence-corrected chi connectivity index (χ2v) is 7.53. The summed E-state index contributed by atoms with van der Waals surface area (Å²) in [6.45, 7) is 2.76. The zero-order valence-corrected chi connectivity index (χ0v) is 12.4. The lowest BCUT2D eigenvalue weighted by atomic mass is 10.2. The molecule has 0 unspecified atom stereocenters. The van der Waals surface area contributed by atoms with Crippen molar-refractivity contribution in [3.05, 3.63) is 29.8 Å². The monoisotopic (exact) mass is 281 g/mol. The van der Waals surface area contributed by atoms with E-state index in [0.717, 1.165) is 12.1 Å². The van der Waals surface area contributed by atoms with E-state index in [9.17, 15) is 8.42 Å². The zero-order valence-electron chi connectivity index (χ0n) is 11.6. The third kappa shape index (κ3) is 4.32. The second kappa shape index (κ2) is 6.53. The Labute approximate surface area is 116 Å². The van der Waals surface area contributed by atoms with Crippen LogP contribution in [0, 0.1) is 6.92 Å². The van der Waals surface area contributed by atoms with E-state index in [4.69, 9.17) is 0 Å². The molecule has 4 heteroatoms. The van der Waals surface area contributed by atoms with Gasteiger partial charge in [-0.05, 0) is 44.9 Å². The van der Waals surface area contributed by atoms with Crippen LogP contribution in [-0.4, -0.2) is 26.8 Å². The van der Waals surface area contributed by atoms with Crippen LogP contribution in [0.1, 0.15) is 37.7 Å². The predicted octanol–water partition coefficient (Wildman–Crippen LogP) is 2.69. The first kappa shape index (κ1) is 14.5. The summed E-state index contributed by atoms with van der Waals surface area (Å²) in [7, 11) is -3.11. The summed E-state index contributed by atoms with van der Waals surface area (Å²) in [4.78, 5) is 0.443. The molecule has 1 saturated carbocycles. The number of aryl methyl sites for hydroxylation is 1. The molecule has 0 saturated heterocycles. The smallest absolute Gasteiger partial charge is 0.178 e. The molecule has 1 aromatic carbocycles. The topological polar surface area (TPSA) is 46.2 Å². The lowest BCUT2D eigenvalue weighted by Crippen LogP contribution is -2.28. The Morgan fingerprint density at radius 1 is 1.16 bits per heavy atom. The molecule has 1 aliphatic carbocycles. The molecule has 0 spiro atoms. The van der Waals surface area contributed by atoms with Crippen LogP contribution in [0.15, 0.2) is 29.2 Å². The highest BCUT2D eigenvalue weighted by atomic mass is 32.2. The van der Waals surface area contributed by atoms with E-state index in [0.29, 0.717) is 17.4 Å². The summed E-state index contributed by atoms with van der Waals surface area (Å²) in [6, 6.07) is 7.72. The molecule has 106 valence electrons. The van der Waals surface area contributed by atoms with Gasteiger partial charge < -0.3 is 5.32 Å². The van der Waals surface area contributed by atoms with Gasteiger partial charge in [0.2, 0.25) is 0 Å². The molecule has 0 atom stereocenters. The van der Waals surface area contributed by atoms with Gasteiger partial charge in [0.25, 0.3) is 0 Å². The Morgan fingerprint density at radius 3 is 2.42 bits per heavy atom. The maximum absolute atomic E-state index is 12.1. The molecule has 1 fully saturated rings. The molecular weight excluding hydrogens is 258 g/mol. The van der Waals surface area contributed by atoms with Crippen molar-refractivity contribution in [2.24, 2.45) is 0 Å². The molecule has 3 nitrogen and oxygen atoms in total. The normalized spacial score (nSPS) is 16.9. The highest BCUT2D eigenvalue weighted by Crippen LogP contribution is 2.17. The number of hydrogen-bond donors (Lipinski definition) is 1. The van der Waals surface area contributed by atoms with Crippen LogP contribution in [0.2, 0.25) is 0 Å². The molecule has 0 radical (unpaired) electrons. The molecule has 0 bridgehead atoms. The van der Waals surface area contributed by atoms with Crippen LogP contribution in [0.4, 0.5) is 0 Å². The molecule has 0 aromatic heterocycles. The summed E-state index contributed by atoms with van der Waals surface area (Å²) < 4.78 is 24.2. The quantitative estimate of drug-likeness (QED) is 0.816. The summed E-state index contributed by atoms with van der Waals surface area (Å²) in [5.74, 6) is 0.232. The molecule has 0 aliphatic heterocycles. The number of hydrogen-bond acceptors (Lipinski definition) is 3. The Morgan fingerprint density at radius 2 is 1.79 bits per heavy atom. The molecular formula is C15H23NO2S. The Hall–Kier alpha value is -0.870. The summed E-state index contributed by atoms with van der Waals surface area (Å²) >= 11 is 0. The van der Waals surface area contributed by atoms with Gasteiger partial charge in [0.05, 0.1) is 10.6 Å². The average molecular weight is 281 g/mol. The van der Waals surface area contributed by atoms with E-state index >= 15 is 0 Å². The zero-order chi connectivity index (χ0) is 13.7. The highest BCUT2D eigenvalue weighted by molar-refractivity contribution is 7.91. The van der Waals surface area contributed by atoms with Crippen molar-refractivity contribution in [2.75, 3.05) is 12.3 Å². The van der Waals surface area contributed by atoms with Gasteiger partial charge in [0, 0.05) is 6.04 Å². The SMILES string of the molecule is Cc1ccc(S(=O)(=O)CCCNC2CCCC2)cc1. The standard InChI is InChI=1S/C15H23NO2S/c1-13-7-9-15(10-8-13)19(17,18)12-4-11-16-14-5-2-3-6-14/h7-10,14,16H,2-6,11-12H2,1H3. The van der Waals surface area contributed by atoms with Gasteiger partial charge in [-0.25, -0.2) is 8.42 Å². The Balaban J connectivity index is 1.79. The summed E-state index contributed by atoms with van der Waals surface area (Å²) in [5.41, 5.74) is 1.09. The first-order valence-electron chi connectivity index (χ1n) is 7.11. The van der Waals surface area contributed by atoms with E-state index in [-0.39, 0.29) is 5.75 Å². The molecule has 1 aromatic rings. The van der Waals surface area contributed by atoms with E-state index in [2.05, 4.69) is 5.32 Å². The predicted molar refractivity (Wildman–Crippen MR) is 78.1 cm³/mol. The van der Waals surface area contributed by atoms with Crippen molar-refractivity contribution in [1.82, 2.24) is 5.32 Å². The molecule has 2 rings (SSSR count). The van der Waals surface area contributed by atoms with E-state index in [1.54, 1.807) is 12.1 Å². The first-order chi connectivity index (χ1) is 9.08. The number of nitrogens with one attached hydrogen (secondary N) is 1. The van der Waals surface area contributed by atoms with Gasteiger partial charge in [0.15, 0.2) is 9.84 Å². The molecule has 0 amide bonds. The minimum Gasteiger partial charge on any atom is -0.314 e. The lowest BCUT2D eigenvalue weighted by Gasteiger charge is -2.11. The van der Waals surface area contributed by atoms with Gasteiger partial charge in [-0.1, -0.05) is 30.5 Å². The van der Waals surface area contributed by atoms with Gasteiger partial charge in [-0.15, -0.1) is 0 Å². The van der Waals surface area contributed by atoms with Crippen molar-refractivity contribution in [3.8, 4) is 0 Å². The Bertz CT molecular complexity index is 487. The van der Waals surface area contributed by atoms with Crippen molar-refractivity contribution in [1.29, 1.82) is 0 Å². The highest BCUT2D eigenvalue weighted by Gasteiger charge is 2.16. The minimum absolute atomic E-state index is 0.232. The molecule has 1 N–H and O–H groups in total. The van der Waals surface area contributed by atoms with Crippen LogP contribution in [0.25, 0.3) is 0 Å². The van der Waals surface area contributed by atoms with Gasteiger partial charge in [-0.2, -0.15) is 0 Å². The third-order valence-electron chi connectivity index (χ3n) is 3.76. The third-order valence-corrected chi connectivity index (χ3v) is 5.57. The summed E-state index contributed by atoms with van der Waals surface area (Å²) in [5, 5.41) is 3.45. The van der Waals surface area contributed by atoms with Crippen LogP contribution in [0.3, 0.4) is 0 Å². The van der Waals surface area contributed by atoms with Crippen molar-refractivity contribution >= 4 is 9.84 Å². The fraction of sp³-hybridized carbons (Fsp3) is 0.600. The average Bonchev–Trinajstić information content (AvgIpc) is 2.88. The Kier molecular flexibility index (Phi) is 4.99. The minimum atomic E-state index is -3.11. The number of rotatable bonds is 6. The molecule has 0 heterocycles. The second-order valence-electron chi connectivity index (χ2n) is 5.42. The van der Waals surface area contributed by atoms with Crippen LogP contribution in [0.5, 0.6) is 0 Å². The molecule has 19 heavy (non-hydrogen) atoms. The van der Waals surface area contributed by atoms with E-state index in [1.807, 2.05) is 19.1 Å². The van der Waals surface area contributed by atoms with Gasteiger partial charge in [-0.3, -0.25) is 0 Å². The summed E-state index contributed by atoms with van der Waals surface area (Å²) in [6.07, 6.45) is 5.78. The van der Waals surface area contributed by atoms with E-state index in [1.165, 1.54) is 25.7 Å². The maximum atomic E-state index is 12.1. The number of sulfone groups is 1.